The Kier molecular flexibility index (Phi) is 6.78. The summed E-state index contributed by atoms with van der Waals surface area (Å²) in [5, 5.41) is 9.39. The van der Waals surface area contributed by atoms with E-state index >= 15 is 0 Å². The molecular weight excluding hydrogens is 446 g/mol. The van der Waals surface area contributed by atoms with E-state index in [9.17, 15) is 4.79 Å². The van der Waals surface area contributed by atoms with Gasteiger partial charge in [0.05, 0.1) is 12.0 Å². The van der Waals surface area contributed by atoms with Gasteiger partial charge in [0.15, 0.2) is 10.9 Å². The second kappa shape index (κ2) is 10.3. The first-order valence-electron chi connectivity index (χ1n) is 11.4. The van der Waals surface area contributed by atoms with Crippen LogP contribution in [0, 0.1) is 6.92 Å². The number of piperazine rings is 1. The average molecular weight is 474 g/mol. The Balaban J connectivity index is 1.21. The fourth-order valence-electron chi connectivity index (χ4n) is 4.18. The fourth-order valence-corrected chi connectivity index (χ4v) is 5.03. The minimum atomic E-state index is 0.127. The zero-order valence-electron chi connectivity index (χ0n) is 19.1. The molecule has 0 unspecified atom stereocenters. The van der Waals surface area contributed by atoms with Gasteiger partial charge in [0, 0.05) is 38.4 Å². The van der Waals surface area contributed by atoms with Crippen molar-refractivity contribution in [3.63, 3.8) is 0 Å². The van der Waals surface area contributed by atoms with Gasteiger partial charge < -0.3 is 9.32 Å². The molecule has 0 radical (unpaired) electrons. The predicted molar refractivity (Wildman–Crippen MR) is 133 cm³/mol. The maximum atomic E-state index is 13.0. The normalized spacial score (nSPS) is 14.4. The Morgan fingerprint density at radius 1 is 0.971 bits per heavy atom. The van der Waals surface area contributed by atoms with Crippen LogP contribution < -0.4 is 0 Å². The smallest absolute Gasteiger partial charge is 0.233 e. The summed E-state index contributed by atoms with van der Waals surface area (Å²) >= 11 is 1.41. The van der Waals surface area contributed by atoms with E-state index in [0.717, 1.165) is 38.4 Å². The molecule has 174 valence electrons. The molecule has 0 saturated carbocycles. The number of aryl methyl sites for hydroxylation is 1. The van der Waals surface area contributed by atoms with Crippen molar-refractivity contribution in [1.82, 2.24) is 24.6 Å². The Hall–Kier alpha value is -3.36. The van der Waals surface area contributed by atoms with Crippen LogP contribution in [0.1, 0.15) is 11.1 Å². The third-order valence-electron chi connectivity index (χ3n) is 5.93. The highest BCUT2D eigenvalue weighted by molar-refractivity contribution is 7.99. The molecule has 5 rings (SSSR count). The van der Waals surface area contributed by atoms with E-state index in [2.05, 4.69) is 46.3 Å². The highest BCUT2D eigenvalue weighted by atomic mass is 32.2. The van der Waals surface area contributed by atoms with Crippen molar-refractivity contribution in [2.24, 2.45) is 0 Å². The third kappa shape index (κ3) is 5.08. The van der Waals surface area contributed by atoms with Gasteiger partial charge in [-0.05, 0) is 36.8 Å². The molecule has 1 fully saturated rings. The summed E-state index contributed by atoms with van der Waals surface area (Å²) in [6.07, 6.45) is 1.62. The van der Waals surface area contributed by atoms with Crippen molar-refractivity contribution in [3.05, 3.63) is 84.1 Å². The molecule has 3 heterocycles. The molecule has 2 aromatic carbocycles. The first-order valence-corrected chi connectivity index (χ1v) is 12.4. The van der Waals surface area contributed by atoms with E-state index in [-0.39, 0.29) is 5.91 Å². The standard InChI is InChI=1S/C26H27N5O2S/c1-20-7-5-8-21(17-20)18-29-12-14-30(15-13-29)24(32)19-34-26-28-27-25(23-11-6-16-33-23)31(26)22-9-3-2-4-10-22/h2-11,16-17H,12-15,18-19H2,1H3. The molecule has 1 aliphatic rings. The van der Waals surface area contributed by atoms with E-state index < -0.39 is 0 Å². The van der Waals surface area contributed by atoms with Crippen LogP contribution in [-0.4, -0.2) is 62.4 Å². The second-order valence-corrected chi connectivity index (χ2v) is 9.33. The number of thioether (sulfide) groups is 1. The quantitative estimate of drug-likeness (QED) is 0.374. The van der Waals surface area contributed by atoms with Crippen molar-refractivity contribution < 1.29 is 9.21 Å². The van der Waals surface area contributed by atoms with E-state index in [4.69, 9.17) is 4.42 Å². The van der Waals surface area contributed by atoms with Crippen LogP contribution in [0.15, 0.2) is 82.6 Å². The summed E-state index contributed by atoms with van der Waals surface area (Å²) in [7, 11) is 0. The van der Waals surface area contributed by atoms with E-state index in [1.165, 1.54) is 22.9 Å². The predicted octanol–water partition coefficient (Wildman–Crippen LogP) is 4.27. The van der Waals surface area contributed by atoms with Gasteiger partial charge in [0.1, 0.15) is 0 Å². The van der Waals surface area contributed by atoms with Crippen molar-refractivity contribution in [3.8, 4) is 17.3 Å². The van der Waals surface area contributed by atoms with Gasteiger partial charge in [-0.1, -0.05) is 59.8 Å². The van der Waals surface area contributed by atoms with Gasteiger partial charge >= 0.3 is 0 Å². The van der Waals surface area contributed by atoms with Crippen molar-refractivity contribution in [2.75, 3.05) is 31.9 Å². The first kappa shape index (κ1) is 22.4. The summed E-state index contributed by atoms with van der Waals surface area (Å²) in [6.45, 7) is 6.30. The maximum absolute atomic E-state index is 13.0. The summed E-state index contributed by atoms with van der Waals surface area (Å²) < 4.78 is 7.50. The van der Waals surface area contributed by atoms with E-state index in [1.807, 2.05) is 51.9 Å². The fraction of sp³-hybridized carbons (Fsp3) is 0.269. The molecular formula is C26H27N5O2S. The summed E-state index contributed by atoms with van der Waals surface area (Å²) in [6, 6.07) is 22.2. The Morgan fingerprint density at radius 2 is 1.79 bits per heavy atom. The number of amides is 1. The van der Waals surface area contributed by atoms with E-state index in [1.54, 1.807) is 6.26 Å². The van der Waals surface area contributed by atoms with Crippen LogP contribution >= 0.6 is 11.8 Å². The average Bonchev–Trinajstić information content (AvgIpc) is 3.53. The summed E-state index contributed by atoms with van der Waals surface area (Å²) in [5.41, 5.74) is 3.53. The van der Waals surface area contributed by atoms with Crippen LogP contribution in [0.5, 0.6) is 0 Å². The number of aromatic nitrogens is 3. The Morgan fingerprint density at radius 3 is 2.53 bits per heavy atom. The SMILES string of the molecule is Cc1cccc(CN2CCN(C(=O)CSc3nnc(-c4ccco4)n3-c3ccccc3)CC2)c1. The molecule has 4 aromatic rings. The monoisotopic (exact) mass is 473 g/mol. The molecule has 8 heteroatoms. The van der Waals surface area contributed by atoms with Gasteiger partial charge in [-0.3, -0.25) is 14.3 Å². The number of hydrogen-bond donors (Lipinski definition) is 0. The molecule has 7 nitrogen and oxygen atoms in total. The molecule has 1 amide bonds. The van der Waals surface area contributed by atoms with Gasteiger partial charge in [0.25, 0.3) is 0 Å². The summed E-state index contributed by atoms with van der Waals surface area (Å²) in [5.74, 6) is 1.71. The van der Waals surface area contributed by atoms with Gasteiger partial charge in [-0.2, -0.15) is 0 Å². The number of rotatable bonds is 7. The lowest BCUT2D eigenvalue weighted by molar-refractivity contribution is -0.130. The maximum Gasteiger partial charge on any atom is 0.233 e. The molecule has 34 heavy (non-hydrogen) atoms. The number of carbonyl (C=O) groups is 1. The number of nitrogens with zero attached hydrogens (tertiary/aromatic N) is 5. The number of furan rings is 1. The van der Waals surface area contributed by atoms with E-state index in [0.29, 0.717) is 22.5 Å². The number of carbonyl (C=O) groups excluding carboxylic acids is 1. The highest BCUT2D eigenvalue weighted by Crippen LogP contribution is 2.28. The number of benzene rings is 2. The lowest BCUT2D eigenvalue weighted by Gasteiger charge is -2.34. The third-order valence-corrected chi connectivity index (χ3v) is 6.84. The molecule has 0 aliphatic carbocycles. The molecule has 0 N–H and O–H groups in total. The van der Waals surface area contributed by atoms with Crippen LogP contribution in [0.4, 0.5) is 0 Å². The minimum absolute atomic E-state index is 0.127. The summed E-state index contributed by atoms with van der Waals surface area (Å²) in [4.78, 5) is 17.3. The molecule has 2 aromatic heterocycles. The lowest BCUT2D eigenvalue weighted by Crippen LogP contribution is -2.48. The molecule has 1 saturated heterocycles. The van der Waals surface area contributed by atoms with Gasteiger partial charge in [-0.15, -0.1) is 10.2 Å². The van der Waals surface area contributed by atoms with Crippen LogP contribution in [0.3, 0.4) is 0 Å². The minimum Gasteiger partial charge on any atom is -0.461 e. The molecule has 1 aliphatic heterocycles. The second-order valence-electron chi connectivity index (χ2n) is 8.39. The topological polar surface area (TPSA) is 67.4 Å². The Labute approximate surface area is 203 Å². The largest absolute Gasteiger partial charge is 0.461 e. The highest BCUT2D eigenvalue weighted by Gasteiger charge is 2.23. The molecule has 0 bridgehead atoms. The van der Waals surface area contributed by atoms with Gasteiger partial charge in [-0.25, -0.2) is 0 Å². The van der Waals surface area contributed by atoms with Crippen molar-refractivity contribution in [2.45, 2.75) is 18.6 Å². The van der Waals surface area contributed by atoms with Crippen LogP contribution in [0.2, 0.25) is 0 Å². The lowest BCUT2D eigenvalue weighted by atomic mass is 10.1. The zero-order chi connectivity index (χ0) is 23.3. The Bertz CT molecular complexity index is 1230. The van der Waals surface area contributed by atoms with Gasteiger partial charge in [0.2, 0.25) is 11.7 Å². The zero-order valence-corrected chi connectivity index (χ0v) is 19.9. The number of hydrogen-bond acceptors (Lipinski definition) is 6. The molecule has 0 spiro atoms. The van der Waals surface area contributed by atoms with Crippen LogP contribution in [-0.2, 0) is 11.3 Å². The van der Waals surface area contributed by atoms with Crippen molar-refractivity contribution in [1.29, 1.82) is 0 Å². The number of para-hydroxylation sites is 1. The molecule has 0 atom stereocenters. The first-order chi connectivity index (χ1) is 16.7. The van der Waals surface area contributed by atoms with Crippen LogP contribution in [0.25, 0.3) is 17.3 Å². The van der Waals surface area contributed by atoms with Crippen molar-refractivity contribution >= 4 is 17.7 Å².